The molecule has 31 heavy (non-hydrogen) atoms. The van der Waals surface area contributed by atoms with E-state index < -0.39 is 12.1 Å². The number of nitrogens with zero attached hydrogens (tertiary/aromatic N) is 1. The van der Waals surface area contributed by atoms with Gasteiger partial charge in [0.15, 0.2) is 0 Å². The molecule has 0 saturated heterocycles. The van der Waals surface area contributed by atoms with Crippen LogP contribution < -0.4 is 10.1 Å². The van der Waals surface area contributed by atoms with Gasteiger partial charge in [-0.2, -0.15) is 0 Å². The minimum Gasteiger partial charge on any atom is -0.507 e. The second-order valence-electron chi connectivity index (χ2n) is 7.60. The van der Waals surface area contributed by atoms with Crippen molar-refractivity contribution in [3.8, 4) is 22.6 Å². The fraction of sp³-hybridized carbons (Fsp3) is 0.250. The van der Waals surface area contributed by atoms with Gasteiger partial charge in [0.2, 0.25) is 0 Å². The number of aryl methyl sites for hydroxylation is 1. The molecule has 1 aromatic heterocycles. The van der Waals surface area contributed by atoms with Crippen molar-refractivity contribution in [1.82, 2.24) is 10.3 Å². The van der Waals surface area contributed by atoms with Crippen molar-refractivity contribution in [3.63, 3.8) is 0 Å². The lowest BCUT2D eigenvalue weighted by Gasteiger charge is -2.27. The Kier molecular flexibility index (Phi) is 6.16. The summed E-state index contributed by atoms with van der Waals surface area (Å²) in [5, 5.41) is 32.5. The molecule has 0 aliphatic carbocycles. The van der Waals surface area contributed by atoms with Crippen LogP contribution in [-0.2, 0) is 6.42 Å². The molecular formula is C24H24N2O5. The standard InChI is InChI=1S/C24H24N2O5/c27-21-11-16(4-7-20(21)24(29)30)15-5-8-23-17(10-15)3-6-19(31-23)13-26-14-22(28)18-2-1-9-25-12-18/h1-2,4-5,7-12,19,22,26-28H,3,6,13-14H2,(H,29,30)/t19-,22+/m0/s1. The Balaban J connectivity index is 1.36. The van der Waals surface area contributed by atoms with E-state index in [-0.39, 0.29) is 17.4 Å². The number of benzene rings is 2. The van der Waals surface area contributed by atoms with Crippen LogP contribution in [0.1, 0.15) is 34.0 Å². The molecule has 1 aliphatic rings. The topological polar surface area (TPSA) is 112 Å². The maximum absolute atomic E-state index is 11.1. The van der Waals surface area contributed by atoms with E-state index in [1.54, 1.807) is 24.5 Å². The number of ether oxygens (including phenoxy) is 1. The first-order valence-corrected chi connectivity index (χ1v) is 10.2. The number of rotatable bonds is 7. The van der Waals surface area contributed by atoms with E-state index in [0.717, 1.165) is 40.8 Å². The second-order valence-corrected chi connectivity index (χ2v) is 7.60. The van der Waals surface area contributed by atoms with E-state index in [0.29, 0.717) is 13.1 Å². The van der Waals surface area contributed by atoms with Crippen molar-refractivity contribution >= 4 is 5.97 Å². The Morgan fingerprint density at radius 2 is 2.00 bits per heavy atom. The quantitative estimate of drug-likeness (QED) is 0.464. The Hall–Kier alpha value is -3.42. The molecule has 3 aromatic rings. The Morgan fingerprint density at radius 1 is 1.19 bits per heavy atom. The summed E-state index contributed by atoms with van der Waals surface area (Å²) in [5.74, 6) is -0.588. The molecule has 2 aromatic carbocycles. The molecule has 7 nitrogen and oxygen atoms in total. The first-order valence-electron chi connectivity index (χ1n) is 10.2. The number of aliphatic hydroxyl groups is 1. The summed E-state index contributed by atoms with van der Waals surface area (Å²) in [4.78, 5) is 15.1. The number of hydrogen-bond donors (Lipinski definition) is 4. The summed E-state index contributed by atoms with van der Waals surface area (Å²) in [6, 6.07) is 14.0. The van der Waals surface area contributed by atoms with Gasteiger partial charge < -0.3 is 25.4 Å². The van der Waals surface area contributed by atoms with Gasteiger partial charge in [-0.1, -0.05) is 18.2 Å². The summed E-state index contributed by atoms with van der Waals surface area (Å²) < 4.78 is 6.10. The molecule has 0 radical (unpaired) electrons. The maximum Gasteiger partial charge on any atom is 0.339 e. The number of aromatic nitrogens is 1. The molecule has 0 unspecified atom stereocenters. The normalized spacial score (nSPS) is 16.2. The van der Waals surface area contributed by atoms with E-state index in [4.69, 9.17) is 9.84 Å². The molecule has 7 heteroatoms. The Bertz CT molecular complexity index is 1070. The number of nitrogens with one attached hydrogen (secondary N) is 1. The lowest BCUT2D eigenvalue weighted by Crippen LogP contribution is -2.36. The largest absolute Gasteiger partial charge is 0.507 e. The molecule has 0 fully saturated rings. The third-order valence-electron chi connectivity index (χ3n) is 5.43. The van der Waals surface area contributed by atoms with Gasteiger partial charge in [-0.3, -0.25) is 4.98 Å². The fourth-order valence-electron chi connectivity index (χ4n) is 3.73. The zero-order valence-corrected chi connectivity index (χ0v) is 16.9. The zero-order valence-electron chi connectivity index (χ0n) is 16.9. The van der Waals surface area contributed by atoms with Crippen molar-refractivity contribution < 1.29 is 24.9 Å². The highest BCUT2D eigenvalue weighted by atomic mass is 16.5. The van der Waals surface area contributed by atoms with Gasteiger partial charge in [0.25, 0.3) is 0 Å². The van der Waals surface area contributed by atoms with Gasteiger partial charge in [0, 0.05) is 31.0 Å². The minimum atomic E-state index is -1.16. The summed E-state index contributed by atoms with van der Waals surface area (Å²) in [6.07, 6.45) is 4.42. The van der Waals surface area contributed by atoms with Crippen LogP contribution in [0.3, 0.4) is 0 Å². The van der Waals surface area contributed by atoms with Crippen LogP contribution in [-0.4, -0.2) is 45.5 Å². The number of aromatic hydroxyl groups is 1. The average molecular weight is 420 g/mol. The summed E-state index contributed by atoms with van der Waals surface area (Å²) in [6.45, 7) is 1.05. The van der Waals surface area contributed by atoms with Gasteiger partial charge in [-0.15, -0.1) is 0 Å². The van der Waals surface area contributed by atoms with Gasteiger partial charge >= 0.3 is 5.97 Å². The van der Waals surface area contributed by atoms with E-state index >= 15 is 0 Å². The zero-order chi connectivity index (χ0) is 21.8. The van der Waals surface area contributed by atoms with Crippen molar-refractivity contribution in [1.29, 1.82) is 0 Å². The molecule has 0 bridgehead atoms. The molecule has 0 spiro atoms. The number of aromatic carboxylic acids is 1. The van der Waals surface area contributed by atoms with Crippen LogP contribution in [0.25, 0.3) is 11.1 Å². The Labute approximate surface area is 180 Å². The number of hydrogen-bond acceptors (Lipinski definition) is 6. The number of aliphatic hydroxyl groups excluding tert-OH is 1. The highest BCUT2D eigenvalue weighted by molar-refractivity contribution is 5.91. The lowest BCUT2D eigenvalue weighted by atomic mass is 9.96. The third-order valence-corrected chi connectivity index (χ3v) is 5.43. The molecule has 1 aliphatic heterocycles. The summed E-state index contributed by atoms with van der Waals surface area (Å²) in [7, 11) is 0. The molecule has 2 heterocycles. The van der Waals surface area contributed by atoms with Gasteiger partial charge in [-0.25, -0.2) is 4.79 Å². The monoisotopic (exact) mass is 420 g/mol. The number of phenols is 1. The van der Waals surface area contributed by atoms with Crippen LogP contribution in [0.5, 0.6) is 11.5 Å². The first-order chi connectivity index (χ1) is 15.0. The molecule has 0 saturated carbocycles. The minimum absolute atomic E-state index is 0.0124. The molecule has 160 valence electrons. The molecular weight excluding hydrogens is 396 g/mol. The first kappa shape index (κ1) is 20.8. The number of pyridine rings is 1. The Morgan fingerprint density at radius 3 is 2.74 bits per heavy atom. The maximum atomic E-state index is 11.1. The molecule has 4 rings (SSSR count). The van der Waals surface area contributed by atoms with Gasteiger partial charge in [0.1, 0.15) is 23.2 Å². The molecule has 0 amide bonds. The van der Waals surface area contributed by atoms with Crippen molar-refractivity contribution in [2.75, 3.05) is 13.1 Å². The predicted octanol–water partition coefficient (Wildman–Crippen LogP) is 3.17. The second kappa shape index (κ2) is 9.16. The smallest absolute Gasteiger partial charge is 0.339 e. The van der Waals surface area contributed by atoms with Crippen LogP contribution in [0.4, 0.5) is 0 Å². The van der Waals surface area contributed by atoms with Crippen LogP contribution in [0.2, 0.25) is 0 Å². The van der Waals surface area contributed by atoms with E-state index in [1.807, 2.05) is 24.3 Å². The van der Waals surface area contributed by atoms with Gasteiger partial charge in [-0.05, 0) is 59.9 Å². The van der Waals surface area contributed by atoms with Crippen LogP contribution in [0, 0.1) is 0 Å². The van der Waals surface area contributed by atoms with E-state index in [2.05, 4.69) is 10.3 Å². The number of carbonyl (C=O) groups is 1. The van der Waals surface area contributed by atoms with Crippen molar-refractivity contribution in [2.45, 2.75) is 25.0 Å². The third kappa shape index (κ3) is 4.84. The van der Waals surface area contributed by atoms with Gasteiger partial charge in [0.05, 0.1) is 6.10 Å². The average Bonchev–Trinajstić information content (AvgIpc) is 2.79. The number of carboxylic acids is 1. The van der Waals surface area contributed by atoms with E-state index in [9.17, 15) is 15.0 Å². The van der Waals surface area contributed by atoms with Crippen LogP contribution in [0.15, 0.2) is 60.9 Å². The van der Waals surface area contributed by atoms with Crippen LogP contribution >= 0.6 is 0 Å². The van der Waals surface area contributed by atoms with E-state index in [1.165, 1.54) is 12.1 Å². The SMILES string of the molecule is O=C(O)c1ccc(-c2ccc3c(c2)CC[C@@H](CNC[C@@H](O)c2cccnc2)O3)cc1O. The molecule has 4 N–H and O–H groups in total. The molecule has 2 atom stereocenters. The number of carboxylic acid groups (broad SMARTS) is 1. The predicted molar refractivity (Wildman–Crippen MR) is 115 cm³/mol. The summed E-state index contributed by atoms with van der Waals surface area (Å²) in [5.41, 5.74) is 3.38. The van der Waals surface area contributed by atoms with Crippen molar-refractivity contribution in [2.24, 2.45) is 0 Å². The number of fused-ring (bicyclic) bond motifs is 1. The lowest BCUT2D eigenvalue weighted by molar-refractivity contribution is 0.0693. The van der Waals surface area contributed by atoms with Crippen molar-refractivity contribution in [3.05, 3.63) is 77.6 Å². The summed E-state index contributed by atoms with van der Waals surface area (Å²) >= 11 is 0. The highest BCUT2D eigenvalue weighted by Gasteiger charge is 2.21. The fourth-order valence-corrected chi connectivity index (χ4v) is 3.73. The highest BCUT2D eigenvalue weighted by Crippen LogP contribution is 2.33.